The molecule has 0 unspecified atom stereocenters. The molecule has 2 aliphatic carbocycles. The first-order valence-electron chi connectivity index (χ1n) is 13.6. The molecule has 1 spiro atoms. The Bertz CT molecular complexity index is 1040. The summed E-state index contributed by atoms with van der Waals surface area (Å²) in [6.45, 7) is 4.44. The van der Waals surface area contributed by atoms with Crippen molar-refractivity contribution >= 4 is 17.4 Å². The van der Waals surface area contributed by atoms with Crippen LogP contribution in [0.3, 0.4) is 0 Å². The minimum atomic E-state index is -0.681. The van der Waals surface area contributed by atoms with E-state index in [0.717, 1.165) is 57.9 Å². The fraction of sp³-hybridized carbons (Fsp3) is 0.704. The highest BCUT2D eigenvalue weighted by Crippen LogP contribution is 2.47. The van der Waals surface area contributed by atoms with Gasteiger partial charge in [0.2, 0.25) is 5.82 Å². The van der Waals surface area contributed by atoms with Crippen molar-refractivity contribution in [3.05, 3.63) is 23.2 Å². The molecule has 5 rings (SSSR count). The predicted octanol–water partition coefficient (Wildman–Crippen LogP) is 2.67. The van der Waals surface area contributed by atoms with E-state index in [1.165, 1.54) is 0 Å². The van der Waals surface area contributed by atoms with Crippen molar-refractivity contribution in [2.45, 2.75) is 89.3 Å². The van der Waals surface area contributed by atoms with Crippen molar-refractivity contribution in [2.75, 3.05) is 32.1 Å². The Labute approximate surface area is 213 Å². The van der Waals surface area contributed by atoms with E-state index in [1.807, 2.05) is 6.07 Å². The number of anilines is 1. The van der Waals surface area contributed by atoms with Crippen LogP contribution < -0.4 is 20.8 Å². The van der Waals surface area contributed by atoms with E-state index in [9.17, 15) is 9.59 Å². The summed E-state index contributed by atoms with van der Waals surface area (Å²) in [5, 5.41) is 3.41. The molecule has 4 aliphatic rings. The van der Waals surface area contributed by atoms with Crippen molar-refractivity contribution in [3.8, 4) is 5.88 Å². The third kappa shape index (κ3) is 4.87. The highest BCUT2D eigenvalue weighted by molar-refractivity contribution is 6.07. The lowest BCUT2D eigenvalue weighted by atomic mass is 9.64. The van der Waals surface area contributed by atoms with Crippen molar-refractivity contribution in [1.82, 2.24) is 9.88 Å². The molecule has 36 heavy (non-hydrogen) atoms. The molecule has 1 aromatic rings. The number of likely N-dealkylation sites (tertiary alicyclic amines) is 1. The van der Waals surface area contributed by atoms with Crippen LogP contribution in [0.2, 0.25) is 0 Å². The number of allylic oxidation sites excluding steroid dienone is 2. The normalized spacial score (nSPS) is 30.1. The Balaban J connectivity index is 1.46. The van der Waals surface area contributed by atoms with Crippen molar-refractivity contribution in [2.24, 2.45) is 11.1 Å². The zero-order valence-electron chi connectivity index (χ0n) is 21.6. The van der Waals surface area contributed by atoms with Gasteiger partial charge in [-0.1, -0.05) is 6.42 Å². The van der Waals surface area contributed by atoms with Crippen LogP contribution >= 0.6 is 0 Å². The number of hydrogen-bond donors (Lipinski definition) is 2. The summed E-state index contributed by atoms with van der Waals surface area (Å²) in [5.41, 5.74) is 6.94. The fourth-order valence-corrected chi connectivity index (χ4v) is 6.51. The maximum Gasteiger partial charge on any atom is 0.374 e. The Morgan fingerprint density at radius 3 is 2.83 bits per heavy atom. The number of nitrogens with one attached hydrogen (secondary N) is 2. The smallest absolute Gasteiger partial charge is 0.374 e. The van der Waals surface area contributed by atoms with E-state index in [0.29, 0.717) is 55.1 Å². The lowest BCUT2D eigenvalue weighted by Gasteiger charge is -2.40. The molecular formula is C27H40N5O4+. The number of ether oxygens (including phenoxy) is 2. The summed E-state index contributed by atoms with van der Waals surface area (Å²) in [5.74, 6) is 1.21. The second-order valence-corrected chi connectivity index (χ2v) is 11.0. The summed E-state index contributed by atoms with van der Waals surface area (Å²) in [6.07, 6.45) is 8.27. The first-order chi connectivity index (χ1) is 17.4. The van der Waals surface area contributed by atoms with Crippen LogP contribution in [0.5, 0.6) is 5.88 Å². The molecule has 9 nitrogen and oxygen atoms in total. The predicted molar refractivity (Wildman–Crippen MR) is 135 cm³/mol. The molecule has 1 saturated carbocycles. The maximum atomic E-state index is 13.8. The standard InChI is InChI=1S/C27H39N5O4/c1-17(20-8-6-13-32(20)2)36-23-15-22(29-18-10-14-35-16-18)30-26(31-23)24(34)19-7-5-12-27(25(19)28)11-4-3-9-21(27)33/h15,17-18,20H,3-14,16,28H2,1-2H3,(H,29,30,31)/p+1/t17-,18-,20-,27+/m0/s1. The summed E-state index contributed by atoms with van der Waals surface area (Å²) in [7, 11) is 2.12. The lowest BCUT2D eigenvalue weighted by Crippen LogP contribution is -2.43. The topological polar surface area (TPSA) is 121 Å². The molecule has 4 atom stereocenters. The molecule has 3 heterocycles. The first-order valence-corrected chi connectivity index (χ1v) is 13.6. The van der Waals surface area contributed by atoms with Crippen LogP contribution in [0.15, 0.2) is 17.3 Å². The van der Waals surface area contributed by atoms with Crippen LogP contribution in [-0.2, 0) is 9.53 Å². The Hall–Kier alpha value is -2.52. The third-order valence-electron chi connectivity index (χ3n) is 8.61. The van der Waals surface area contributed by atoms with Gasteiger partial charge in [-0.25, -0.2) is 4.98 Å². The van der Waals surface area contributed by atoms with E-state index in [-0.39, 0.29) is 29.5 Å². The largest absolute Gasteiger partial charge is 0.457 e. The number of rotatable bonds is 7. The number of carbonyl (C=O) groups is 2. The molecule has 1 aromatic heterocycles. The van der Waals surface area contributed by atoms with E-state index in [2.05, 4.69) is 34.2 Å². The van der Waals surface area contributed by atoms with Crippen LogP contribution in [-0.4, -0.2) is 66.4 Å². The quantitative estimate of drug-likeness (QED) is 0.551. The zero-order chi connectivity index (χ0) is 25.3. The summed E-state index contributed by atoms with van der Waals surface area (Å²) in [4.78, 5) is 36.9. The molecule has 0 bridgehead atoms. The number of hydrogen-bond acceptors (Lipinski definition) is 8. The molecule has 4 N–H and O–H groups in total. The van der Waals surface area contributed by atoms with Gasteiger partial charge in [0, 0.05) is 30.3 Å². The van der Waals surface area contributed by atoms with Gasteiger partial charge in [-0.2, -0.15) is 0 Å². The van der Waals surface area contributed by atoms with Crippen LogP contribution in [0, 0.1) is 5.41 Å². The second-order valence-electron chi connectivity index (χ2n) is 11.0. The molecule has 0 amide bonds. The second kappa shape index (κ2) is 10.5. The monoisotopic (exact) mass is 498 g/mol. The van der Waals surface area contributed by atoms with Crippen molar-refractivity contribution in [1.29, 1.82) is 0 Å². The molecular weight excluding hydrogens is 458 g/mol. The summed E-state index contributed by atoms with van der Waals surface area (Å²) >= 11 is 0. The summed E-state index contributed by atoms with van der Waals surface area (Å²) in [6, 6.07) is 2.28. The number of ketones is 2. The summed E-state index contributed by atoms with van der Waals surface area (Å²) < 4.78 is 11.8. The number of nitrogens with zero attached hydrogens (tertiary/aromatic N) is 2. The van der Waals surface area contributed by atoms with Gasteiger partial charge in [0.1, 0.15) is 11.9 Å². The van der Waals surface area contributed by atoms with E-state index in [4.69, 9.17) is 15.2 Å². The molecule has 9 heteroatoms. The van der Waals surface area contributed by atoms with Gasteiger partial charge < -0.3 is 20.5 Å². The molecule has 196 valence electrons. The molecule has 2 saturated heterocycles. The number of nitrogens with two attached hydrogens (primary N) is 1. The number of H-pyrrole nitrogens is 1. The highest BCUT2D eigenvalue weighted by Gasteiger charge is 2.46. The third-order valence-corrected chi connectivity index (χ3v) is 8.61. The van der Waals surface area contributed by atoms with E-state index in [1.54, 1.807) is 0 Å². The van der Waals surface area contributed by atoms with Gasteiger partial charge in [0.15, 0.2) is 0 Å². The number of Topliss-reactive ketones (excluding diaryl/α,β-unsaturated/α-hetero) is 2. The fourth-order valence-electron chi connectivity index (χ4n) is 6.51. The SMILES string of the molecule is C[C@H](Oc1cc(N[C@H]2CCOC2)nc(C(=O)C2=C(N)[C@]3(CCCCC3=O)CCC2)[nH+]1)[C@@H]1CCCN1C. The zero-order valence-corrected chi connectivity index (χ0v) is 21.6. The van der Waals surface area contributed by atoms with Crippen molar-refractivity contribution in [3.63, 3.8) is 0 Å². The molecule has 0 aromatic carbocycles. The van der Waals surface area contributed by atoms with Gasteiger partial charge in [-0.3, -0.25) is 14.5 Å². The van der Waals surface area contributed by atoms with Crippen LogP contribution in [0.4, 0.5) is 5.82 Å². The Kier molecular flexibility index (Phi) is 7.30. The van der Waals surface area contributed by atoms with Gasteiger partial charge in [0.05, 0.1) is 24.1 Å². The van der Waals surface area contributed by atoms with Crippen molar-refractivity contribution < 1.29 is 24.0 Å². The van der Waals surface area contributed by atoms with Crippen LogP contribution in [0.1, 0.15) is 81.8 Å². The van der Waals surface area contributed by atoms with E-state index >= 15 is 0 Å². The molecule has 2 aliphatic heterocycles. The minimum Gasteiger partial charge on any atom is -0.457 e. The minimum absolute atomic E-state index is 0.0520. The number of aromatic nitrogens is 2. The first kappa shape index (κ1) is 25.1. The Morgan fingerprint density at radius 1 is 1.28 bits per heavy atom. The van der Waals surface area contributed by atoms with Gasteiger partial charge in [0.25, 0.3) is 11.7 Å². The van der Waals surface area contributed by atoms with Gasteiger partial charge in [-0.05, 0) is 76.9 Å². The maximum absolute atomic E-state index is 13.8. The number of carbonyl (C=O) groups excluding carboxylic acids is 2. The number of aromatic amines is 1. The number of likely N-dealkylation sites (N-methyl/N-ethyl adjacent to an activating group) is 1. The Morgan fingerprint density at radius 2 is 2.11 bits per heavy atom. The average molecular weight is 499 g/mol. The van der Waals surface area contributed by atoms with E-state index < -0.39 is 5.41 Å². The molecule has 3 fully saturated rings. The molecule has 0 radical (unpaired) electrons. The van der Waals surface area contributed by atoms with Gasteiger partial charge in [-0.15, -0.1) is 0 Å². The van der Waals surface area contributed by atoms with Crippen LogP contribution in [0.25, 0.3) is 0 Å². The van der Waals surface area contributed by atoms with Gasteiger partial charge >= 0.3 is 5.82 Å². The lowest BCUT2D eigenvalue weighted by molar-refractivity contribution is -0.404. The average Bonchev–Trinajstić information content (AvgIpc) is 3.53. The highest BCUT2D eigenvalue weighted by atomic mass is 16.5.